The van der Waals surface area contributed by atoms with E-state index >= 15 is 0 Å². The summed E-state index contributed by atoms with van der Waals surface area (Å²) in [5, 5.41) is 39.5. The molecule has 0 radical (unpaired) electrons. The SMILES string of the molecule is OC[C@@H]1O[C@H](Oc2cccc3cccnc23)[C@@H](O)[C@H](O)[C@H]1O. The molecule has 0 bridgehead atoms. The first kappa shape index (κ1) is 15.1. The third kappa shape index (κ3) is 2.65. The fraction of sp³-hybridized carbons (Fsp3) is 0.400. The fourth-order valence-electron chi connectivity index (χ4n) is 2.46. The molecule has 1 aliphatic heterocycles. The van der Waals surface area contributed by atoms with Gasteiger partial charge in [0, 0.05) is 11.6 Å². The molecule has 4 N–H and O–H groups in total. The Labute approximate surface area is 126 Å². The maximum absolute atomic E-state index is 9.99. The number of hydrogen-bond acceptors (Lipinski definition) is 7. The van der Waals surface area contributed by atoms with Crippen LogP contribution in [0.3, 0.4) is 0 Å². The number of para-hydroxylation sites is 1. The van der Waals surface area contributed by atoms with Crippen molar-refractivity contribution < 1.29 is 29.9 Å². The third-order valence-corrected chi connectivity index (χ3v) is 3.69. The van der Waals surface area contributed by atoms with E-state index in [2.05, 4.69) is 4.98 Å². The number of nitrogens with zero attached hydrogens (tertiary/aromatic N) is 1. The average molecular weight is 307 g/mol. The van der Waals surface area contributed by atoms with Gasteiger partial charge in [0.15, 0.2) is 0 Å². The number of aliphatic hydroxyl groups is 4. The van der Waals surface area contributed by atoms with Gasteiger partial charge in [-0.2, -0.15) is 0 Å². The van der Waals surface area contributed by atoms with E-state index in [1.165, 1.54) is 0 Å². The zero-order valence-electron chi connectivity index (χ0n) is 11.6. The average Bonchev–Trinajstić information content (AvgIpc) is 2.55. The molecule has 1 saturated heterocycles. The second kappa shape index (κ2) is 6.15. The zero-order chi connectivity index (χ0) is 15.7. The summed E-state index contributed by atoms with van der Waals surface area (Å²) in [5.74, 6) is 0.377. The Hall–Kier alpha value is -1.77. The van der Waals surface area contributed by atoms with Crippen molar-refractivity contribution in [3.8, 4) is 5.75 Å². The highest BCUT2D eigenvalue weighted by molar-refractivity contribution is 5.84. The van der Waals surface area contributed by atoms with Gasteiger partial charge in [0.05, 0.1) is 6.61 Å². The first-order valence-corrected chi connectivity index (χ1v) is 6.92. The smallest absolute Gasteiger partial charge is 0.229 e. The quantitative estimate of drug-likeness (QED) is 0.600. The van der Waals surface area contributed by atoms with E-state index in [9.17, 15) is 20.4 Å². The molecule has 5 atom stereocenters. The van der Waals surface area contributed by atoms with Crippen molar-refractivity contribution in [1.82, 2.24) is 4.98 Å². The van der Waals surface area contributed by atoms with E-state index < -0.39 is 37.3 Å². The number of rotatable bonds is 3. The summed E-state index contributed by atoms with van der Waals surface area (Å²) in [6.45, 7) is -0.501. The van der Waals surface area contributed by atoms with E-state index in [-0.39, 0.29) is 0 Å². The minimum absolute atomic E-state index is 0.377. The number of fused-ring (bicyclic) bond motifs is 1. The zero-order valence-corrected chi connectivity index (χ0v) is 11.6. The van der Waals surface area contributed by atoms with Crippen LogP contribution >= 0.6 is 0 Å². The summed E-state index contributed by atoms with van der Waals surface area (Å²) >= 11 is 0. The molecule has 118 valence electrons. The van der Waals surface area contributed by atoms with Gasteiger partial charge in [-0.25, -0.2) is 0 Å². The van der Waals surface area contributed by atoms with E-state index in [0.29, 0.717) is 11.3 Å². The summed E-state index contributed by atoms with van der Waals surface area (Å²) < 4.78 is 10.9. The van der Waals surface area contributed by atoms with E-state index in [0.717, 1.165) is 5.39 Å². The first-order chi connectivity index (χ1) is 10.6. The largest absolute Gasteiger partial charge is 0.460 e. The summed E-state index contributed by atoms with van der Waals surface area (Å²) in [6, 6.07) is 8.95. The molecule has 1 aromatic heterocycles. The normalized spacial score (nSPS) is 32.1. The molecule has 0 aliphatic carbocycles. The standard InChI is InChI=1S/C15H17NO6/c17-7-10-12(18)13(19)14(20)15(22-10)21-9-5-1-3-8-4-2-6-16-11(8)9/h1-6,10,12-15,17-20H,7H2/t10-,12-,13+,14-,15-/m0/s1. The van der Waals surface area contributed by atoms with Gasteiger partial charge in [0.25, 0.3) is 0 Å². The van der Waals surface area contributed by atoms with Crippen molar-refractivity contribution in [2.24, 2.45) is 0 Å². The summed E-state index contributed by atoms with van der Waals surface area (Å²) in [7, 11) is 0. The Morgan fingerprint density at radius 1 is 1.05 bits per heavy atom. The van der Waals surface area contributed by atoms with Crippen LogP contribution in [0.5, 0.6) is 5.75 Å². The highest BCUT2D eigenvalue weighted by Crippen LogP contribution is 2.28. The van der Waals surface area contributed by atoms with Crippen molar-refractivity contribution in [2.45, 2.75) is 30.7 Å². The molecule has 1 fully saturated rings. The molecule has 3 rings (SSSR count). The van der Waals surface area contributed by atoms with Crippen LogP contribution in [-0.2, 0) is 4.74 Å². The minimum Gasteiger partial charge on any atom is -0.460 e. The van der Waals surface area contributed by atoms with Gasteiger partial charge in [-0.15, -0.1) is 0 Å². The molecular formula is C15H17NO6. The highest BCUT2D eigenvalue weighted by atomic mass is 16.7. The molecule has 7 heteroatoms. The van der Waals surface area contributed by atoms with Crippen LogP contribution in [-0.4, -0.2) is 62.7 Å². The lowest BCUT2D eigenvalue weighted by atomic mass is 9.99. The van der Waals surface area contributed by atoms with E-state index in [1.54, 1.807) is 24.4 Å². The maximum atomic E-state index is 9.99. The summed E-state index contributed by atoms with van der Waals surface area (Å²) in [5.41, 5.74) is 0.585. The predicted octanol–water partition coefficient (Wildman–Crippen LogP) is -0.587. The number of ether oxygens (including phenoxy) is 2. The van der Waals surface area contributed by atoms with Gasteiger partial charge < -0.3 is 29.9 Å². The third-order valence-electron chi connectivity index (χ3n) is 3.69. The van der Waals surface area contributed by atoms with Crippen LogP contribution in [0, 0.1) is 0 Å². The molecule has 0 saturated carbocycles. The number of benzene rings is 1. The number of hydrogen-bond donors (Lipinski definition) is 4. The first-order valence-electron chi connectivity index (χ1n) is 6.92. The van der Waals surface area contributed by atoms with Gasteiger partial charge in [0.1, 0.15) is 35.7 Å². The Bertz CT molecular complexity index is 643. The maximum Gasteiger partial charge on any atom is 0.229 e. The predicted molar refractivity (Wildman–Crippen MR) is 76.1 cm³/mol. The number of aliphatic hydroxyl groups excluding tert-OH is 4. The van der Waals surface area contributed by atoms with Gasteiger partial charge >= 0.3 is 0 Å². The Balaban J connectivity index is 1.87. The Morgan fingerprint density at radius 2 is 1.82 bits per heavy atom. The lowest BCUT2D eigenvalue weighted by molar-refractivity contribution is -0.277. The van der Waals surface area contributed by atoms with Crippen LogP contribution in [0.25, 0.3) is 10.9 Å². The molecule has 7 nitrogen and oxygen atoms in total. The van der Waals surface area contributed by atoms with Crippen LogP contribution < -0.4 is 4.74 Å². The molecule has 0 spiro atoms. The summed E-state index contributed by atoms with van der Waals surface area (Å²) in [6.07, 6.45) is -4.95. The minimum atomic E-state index is -1.47. The van der Waals surface area contributed by atoms with E-state index in [4.69, 9.17) is 9.47 Å². The molecule has 1 aromatic carbocycles. The van der Waals surface area contributed by atoms with Gasteiger partial charge in [0.2, 0.25) is 6.29 Å². The van der Waals surface area contributed by atoms with Crippen LogP contribution in [0.4, 0.5) is 0 Å². The molecule has 0 amide bonds. The molecule has 0 unspecified atom stereocenters. The molecular weight excluding hydrogens is 290 g/mol. The highest BCUT2D eigenvalue weighted by Gasteiger charge is 2.44. The van der Waals surface area contributed by atoms with Crippen molar-refractivity contribution in [3.05, 3.63) is 36.5 Å². The fourth-order valence-corrected chi connectivity index (χ4v) is 2.46. The molecule has 22 heavy (non-hydrogen) atoms. The number of aromatic nitrogens is 1. The van der Waals surface area contributed by atoms with Gasteiger partial charge in [-0.05, 0) is 12.1 Å². The van der Waals surface area contributed by atoms with Crippen LogP contribution in [0.2, 0.25) is 0 Å². The lowest BCUT2D eigenvalue weighted by Crippen LogP contribution is -2.60. The number of pyridine rings is 1. The summed E-state index contributed by atoms with van der Waals surface area (Å²) in [4.78, 5) is 4.22. The molecule has 1 aliphatic rings. The molecule has 2 heterocycles. The van der Waals surface area contributed by atoms with Crippen molar-refractivity contribution in [1.29, 1.82) is 0 Å². The van der Waals surface area contributed by atoms with Crippen molar-refractivity contribution in [2.75, 3.05) is 6.61 Å². The monoisotopic (exact) mass is 307 g/mol. The van der Waals surface area contributed by atoms with Crippen molar-refractivity contribution >= 4 is 10.9 Å². The lowest BCUT2D eigenvalue weighted by Gasteiger charge is -2.39. The molecule has 2 aromatic rings. The van der Waals surface area contributed by atoms with E-state index in [1.807, 2.05) is 12.1 Å². The second-order valence-electron chi connectivity index (χ2n) is 5.15. The Kier molecular flexibility index (Phi) is 4.23. The Morgan fingerprint density at radius 3 is 2.59 bits per heavy atom. The van der Waals surface area contributed by atoms with Crippen LogP contribution in [0.15, 0.2) is 36.5 Å². The topological polar surface area (TPSA) is 112 Å². The second-order valence-corrected chi connectivity index (χ2v) is 5.15. The van der Waals surface area contributed by atoms with Gasteiger partial charge in [-0.1, -0.05) is 18.2 Å². The van der Waals surface area contributed by atoms with Crippen LogP contribution in [0.1, 0.15) is 0 Å². The van der Waals surface area contributed by atoms with Crippen molar-refractivity contribution in [3.63, 3.8) is 0 Å². The van der Waals surface area contributed by atoms with Gasteiger partial charge in [-0.3, -0.25) is 4.98 Å².